The van der Waals surface area contributed by atoms with Crippen LogP contribution in [0.15, 0.2) is 53.8 Å². The number of carbonyl (C=O) groups excluding carboxylic acids is 2. The number of nitrogens with one attached hydrogen (secondary N) is 1. The number of benzene rings is 1. The third-order valence-electron chi connectivity index (χ3n) is 3.99. The molecule has 2 heterocycles. The number of hydrogen-bond acceptors (Lipinski definition) is 6. The van der Waals surface area contributed by atoms with Gasteiger partial charge in [-0.3, -0.25) is 14.6 Å². The Hall–Kier alpha value is -3.42. The molecule has 1 aromatic carbocycles. The summed E-state index contributed by atoms with van der Waals surface area (Å²) < 4.78 is 0. The molecule has 1 aromatic heterocycles. The summed E-state index contributed by atoms with van der Waals surface area (Å²) >= 11 is 0. The molecular weight excluding hydrogens is 332 g/mol. The summed E-state index contributed by atoms with van der Waals surface area (Å²) in [6.07, 6.45) is 1.72. The lowest BCUT2D eigenvalue weighted by molar-refractivity contribution is -0.119. The van der Waals surface area contributed by atoms with Crippen LogP contribution in [0.3, 0.4) is 0 Å². The molecule has 134 valence electrons. The number of primary amides is 1. The van der Waals surface area contributed by atoms with Crippen LogP contribution >= 0.6 is 0 Å². The molecular formula is C18H20N6O2. The van der Waals surface area contributed by atoms with E-state index >= 15 is 0 Å². The smallest absolute Gasteiger partial charge is 0.272 e. The molecule has 2 aromatic rings. The van der Waals surface area contributed by atoms with Crippen LogP contribution in [0.25, 0.3) is 0 Å². The Morgan fingerprint density at radius 2 is 1.92 bits per heavy atom. The highest BCUT2D eigenvalue weighted by Crippen LogP contribution is 2.24. The predicted octanol–water partition coefficient (Wildman–Crippen LogP) is 1.21. The molecule has 1 atom stereocenters. The van der Waals surface area contributed by atoms with Gasteiger partial charge in [0.25, 0.3) is 5.91 Å². The molecule has 0 saturated heterocycles. The largest absolute Gasteiger partial charge is 0.368 e. The number of anilines is 3. The minimum Gasteiger partial charge on any atom is -0.368 e. The summed E-state index contributed by atoms with van der Waals surface area (Å²) in [6.45, 7) is 0. The zero-order valence-corrected chi connectivity index (χ0v) is 14.6. The second-order valence-electron chi connectivity index (χ2n) is 6.10. The summed E-state index contributed by atoms with van der Waals surface area (Å²) in [5, 5.41) is 8.55. The first kappa shape index (κ1) is 17.4. The monoisotopic (exact) mass is 352 g/mol. The van der Waals surface area contributed by atoms with E-state index in [4.69, 9.17) is 5.73 Å². The van der Waals surface area contributed by atoms with Gasteiger partial charge >= 0.3 is 0 Å². The van der Waals surface area contributed by atoms with Crippen molar-refractivity contribution in [2.75, 3.05) is 29.3 Å². The van der Waals surface area contributed by atoms with Crippen LogP contribution in [0.4, 0.5) is 17.2 Å². The highest BCUT2D eigenvalue weighted by molar-refractivity contribution is 6.44. The van der Waals surface area contributed by atoms with Gasteiger partial charge in [0.2, 0.25) is 5.91 Å². The van der Waals surface area contributed by atoms with E-state index < -0.39 is 11.9 Å². The Balaban J connectivity index is 1.77. The molecule has 1 aliphatic heterocycles. The fourth-order valence-corrected chi connectivity index (χ4v) is 2.62. The number of hydrogen-bond donors (Lipinski definition) is 2. The van der Waals surface area contributed by atoms with Gasteiger partial charge in [0.05, 0.1) is 17.6 Å². The Morgan fingerprint density at radius 1 is 1.19 bits per heavy atom. The normalized spacial score (nSPS) is 16.2. The predicted molar refractivity (Wildman–Crippen MR) is 101 cm³/mol. The molecule has 3 N–H and O–H groups in total. The molecule has 0 spiro atoms. The number of hydrazone groups is 1. The number of pyridine rings is 1. The van der Waals surface area contributed by atoms with Gasteiger partial charge in [0.1, 0.15) is 17.6 Å². The quantitative estimate of drug-likeness (QED) is 0.842. The van der Waals surface area contributed by atoms with Crippen molar-refractivity contribution in [2.24, 2.45) is 10.8 Å². The van der Waals surface area contributed by atoms with Crippen LogP contribution in [-0.4, -0.2) is 42.6 Å². The fourth-order valence-electron chi connectivity index (χ4n) is 2.62. The molecule has 8 heteroatoms. The third kappa shape index (κ3) is 3.64. The zero-order valence-electron chi connectivity index (χ0n) is 14.6. The van der Waals surface area contributed by atoms with Gasteiger partial charge < -0.3 is 16.0 Å². The Kier molecular flexibility index (Phi) is 4.83. The van der Waals surface area contributed by atoms with Crippen molar-refractivity contribution in [3.05, 3.63) is 48.7 Å². The minimum absolute atomic E-state index is 0.152. The van der Waals surface area contributed by atoms with E-state index in [1.807, 2.05) is 49.3 Å². The highest BCUT2D eigenvalue weighted by Gasteiger charge is 2.34. The lowest BCUT2D eigenvalue weighted by Gasteiger charge is -2.20. The number of nitrogens with zero attached hydrogens (tertiary/aromatic N) is 4. The molecule has 1 aliphatic rings. The highest BCUT2D eigenvalue weighted by atomic mass is 16.2. The second kappa shape index (κ2) is 7.22. The van der Waals surface area contributed by atoms with Crippen LogP contribution in [0.2, 0.25) is 0 Å². The molecule has 0 aliphatic carbocycles. The van der Waals surface area contributed by atoms with E-state index in [0.29, 0.717) is 11.4 Å². The number of carbonyl (C=O) groups is 2. The van der Waals surface area contributed by atoms with Gasteiger partial charge in [-0.1, -0.05) is 18.2 Å². The first-order valence-corrected chi connectivity index (χ1v) is 8.11. The summed E-state index contributed by atoms with van der Waals surface area (Å²) in [4.78, 5) is 30.4. The van der Waals surface area contributed by atoms with Crippen molar-refractivity contribution < 1.29 is 9.59 Å². The number of amides is 2. The van der Waals surface area contributed by atoms with Crippen molar-refractivity contribution in [3.8, 4) is 0 Å². The molecule has 0 radical (unpaired) electrons. The van der Waals surface area contributed by atoms with Crippen LogP contribution < -0.4 is 21.0 Å². The first-order valence-electron chi connectivity index (χ1n) is 8.11. The molecule has 0 bridgehead atoms. The van der Waals surface area contributed by atoms with Crippen molar-refractivity contribution in [3.63, 3.8) is 0 Å². The van der Waals surface area contributed by atoms with E-state index in [9.17, 15) is 9.59 Å². The number of para-hydroxylation sites is 1. The first-order chi connectivity index (χ1) is 12.5. The summed E-state index contributed by atoms with van der Waals surface area (Å²) in [5.74, 6) is -0.128. The average molecular weight is 352 g/mol. The van der Waals surface area contributed by atoms with E-state index in [1.165, 1.54) is 5.01 Å². The van der Waals surface area contributed by atoms with Gasteiger partial charge in [0, 0.05) is 20.5 Å². The maximum atomic E-state index is 12.5. The van der Waals surface area contributed by atoms with Gasteiger partial charge in [-0.25, -0.2) is 4.98 Å². The molecule has 0 fully saturated rings. The number of nitrogens with two attached hydrogens (primary N) is 1. The number of aromatic nitrogens is 1. The zero-order chi connectivity index (χ0) is 18.7. The summed E-state index contributed by atoms with van der Waals surface area (Å²) in [7, 11) is 3.77. The van der Waals surface area contributed by atoms with Gasteiger partial charge in [-0.2, -0.15) is 5.10 Å². The van der Waals surface area contributed by atoms with Crippen LogP contribution in [0, 0.1) is 0 Å². The molecule has 3 rings (SSSR count). The Morgan fingerprint density at radius 3 is 2.50 bits per heavy atom. The number of rotatable bonds is 5. The lowest BCUT2D eigenvalue weighted by Crippen LogP contribution is -2.39. The van der Waals surface area contributed by atoms with E-state index in [2.05, 4.69) is 15.4 Å². The van der Waals surface area contributed by atoms with Gasteiger partial charge in [-0.05, 0) is 24.3 Å². The Bertz CT molecular complexity index is 833. The standard InChI is InChI=1S/C18H20N6O2/c1-23(2)16-9-8-12(11-20-16)21-18(26)14-10-15(17(19)25)24(22-14)13-6-4-3-5-7-13/h3-9,11,15H,10H2,1-2H3,(H2,19,25)(H,21,26)/t15-/m0/s1. The SMILES string of the molecule is CN(C)c1ccc(NC(=O)C2=NN(c3ccccc3)[C@H](C(N)=O)C2)cn1. The van der Waals surface area contributed by atoms with Crippen LogP contribution in [0.5, 0.6) is 0 Å². The molecule has 8 nitrogen and oxygen atoms in total. The molecule has 0 unspecified atom stereocenters. The van der Waals surface area contributed by atoms with Crippen LogP contribution in [-0.2, 0) is 9.59 Å². The van der Waals surface area contributed by atoms with Crippen molar-refractivity contribution >= 4 is 34.7 Å². The molecule has 0 saturated carbocycles. The van der Waals surface area contributed by atoms with Gasteiger partial charge in [-0.15, -0.1) is 0 Å². The van der Waals surface area contributed by atoms with E-state index in [-0.39, 0.29) is 18.0 Å². The summed E-state index contributed by atoms with van der Waals surface area (Å²) in [5.41, 5.74) is 6.99. The average Bonchev–Trinajstić information content (AvgIpc) is 3.09. The van der Waals surface area contributed by atoms with Crippen LogP contribution in [0.1, 0.15) is 6.42 Å². The fraction of sp³-hybridized carbons (Fsp3) is 0.222. The maximum absolute atomic E-state index is 12.5. The lowest BCUT2D eigenvalue weighted by atomic mass is 10.1. The topological polar surface area (TPSA) is 104 Å². The second-order valence-corrected chi connectivity index (χ2v) is 6.10. The van der Waals surface area contributed by atoms with Crippen molar-refractivity contribution in [1.82, 2.24) is 4.98 Å². The summed E-state index contributed by atoms with van der Waals surface area (Å²) in [6, 6.07) is 12.0. The molecule has 2 amide bonds. The van der Waals surface area contributed by atoms with Crippen molar-refractivity contribution in [1.29, 1.82) is 0 Å². The van der Waals surface area contributed by atoms with E-state index in [1.54, 1.807) is 18.3 Å². The Labute approximate surface area is 151 Å². The van der Waals surface area contributed by atoms with Gasteiger partial charge in [0.15, 0.2) is 0 Å². The van der Waals surface area contributed by atoms with E-state index in [0.717, 1.165) is 5.82 Å². The third-order valence-corrected chi connectivity index (χ3v) is 3.99. The maximum Gasteiger partial charge on any atom is 0.272 e. The molecule has 26 heavy (non-hydrogen) atoms. The van der Waals surface area contributed by atoms with Crippen molar-refractivity contribution in [2.45, 2.75) is 12.5 Å². The minimum atomic E-state index is -0.688.